The van der Waals surface area contributed by atoms with Gasteiger partial charge < -0.3 is 10.6 Å². The molecule has 0 unspecified atom stereocenters. The van der Waals surface area contributed by atoms with Crippen molar-refractivity contribution in [2.24, 2.45) is 0 Å². The van der Waals surface area contributed by atoms with Crippen molar-refractivity contribution in [3.63, 3.8) is 0 Å². The van der Waals surface area contributed by atoms with Crippen molar-refractivity contribution in [2.75, 3.05) is 18.4 Å². The number of hydrogen-bond acceptors (Lipinski definition) is 3. The van der Waals surface area contributed by atoms with Crippen molar-refractivity contribution < 1.29 is 0 Å². The Morgan fingerprint density at radius 1 is 1.27 bits per heavy atom. The third kappa shape index (κ3) is 5.37. The number of aryl methyl sites for hydroxylation is 1. The van der Waals surface area contributed by atoms with Crippen molar-refractivity contribution in [2.45, 2.75) is 33.2 Å². The lowest BCUT2D eigenvalue weighted by Gasteiger charge is -2.08. The summed E-state index contributed by atoms with van der Waals surface area (Å²) in [6, 6.07) is 4.66. The third-order valence-electron chi connectivity index (χ3n) is 2.12. The van der Waals surface area contributed by atoms with E-state index in [2.05, 4.69) is 35.5 Å². The molecule has 0 atom stereocenters. The fraction of sp³-hybridized carbons (Fsp3) is 0.583. The van der Waals surface area contributed by atoms with Gasteiger partial charge in [-0.1, -0.05) is 19.9 Å². The van der Waals surface area contributed by atoms with Crippen LogP contribution in [0.15, 0.2) is 18.3 Å². The molecule has 0 saturated heterocycles. The Bertz CT molecular complexity index is 267. The second-order valence-corrected chi connectivity index (χ2v) is 4.11. The van der Waals surface area contributed by atoms with Crippen LogP contribution in [0.5, 0.6) is 0 Å². The van der Waals surface area contributed by atoms with Gasteiger partial charge in [-0.3, -0.25) is 0 Å². The normalized spacial score (nSPS) is 10.7. The van der Waals surface area contributed by atoms with Gasteiger partial charge in [0.1, 0.15) is 5.82 Å². The standard InChI is InChI=1S/C12H21N3/c1-10(2)13-7-4-8-14-12-6-5-11(3)9-15-12/h5-6,9-10,13H,4,7-8H2,1-3H3,(H,14,15). The Hall–Kier alpha value is -1.09. The zero-order valence-corrected chi connectivity index (χ0v) is 9.88. The van der Waals surface area contributed by atoms with Gasteiger partial charge in [-0.15, -0.1) is 0 Å². The molecule has 0 aromatic carbocycles. The van der Waals surface area contributed by atoms with E-state index in [0.29, 0.717) is 6.04 Å². The number of nitrogens with one attached hydrogen (secondary N) is 2. The zero-order chi connectivity index (χ0) is 11.1. The number of aromatic nitrogens is 1. The summed E-state index contributed by atoms with van der Waals surface area (Å²) in [5.41, 5.74) is 1.20. The monoisotopic (exact) mass is 207 g/mol. The Kier molecular flexibility index (Phi) is 5.12. The van der Waals surface area contributed by atoms with Crippen LogP contribution in [-0.2, 0) is 0 Å². The van der Waals surface area contributed by atoms with Crippen molar-refractivity contribution in [1.82, 2.24) is 10.3 Å². The summed E-state index contributed by atoms with van der Waals surface area (Å²) in [5, 5.41) is 6.67. The highest BCUT2D eigenvalue weighted by Crippen LogP contribution is 2.03. The Balaban J connectivity index is 2.12. The van der Waals surface area contributed by atoms with Crippen LogP contribution in [0.2, 0.25) is 0 Å². The average molecular weight is 207 g/mol. The molecule has 2 N–H and O–H groups in total. The molecule has 3 nitrogen and oxygen atoms in total. The molecule has 0 amide bonds. The third-order valence-corrected chi connectivity index (χ3v) is 2.12. The van der Waals surface area contributed by atoms with E-state index < -0.39 is 0 Å². The number of rotatable bonds is 6. The van der Waals surface area contributed by atoms with Gasteiger partial charge in [0.25, 0.3) is 0 Å². The topological polar surface area (TPSA) is 37.0 Å². The van der Waals surface area contributed by atoms with Gasteiger partial charge in [0.15, 0.2) is 0 Å². The molecule has 1 aromatic heterocycles. The van der Waals surface area contributed by atoms with E-state index in [1.165, 1.54) is 5.56 Å². The zero-order valence-electron chi connectivity index (χ0n) is 9.88. The summed E-state index contributed by atoms with van der Waals surface area (Å²) in [4.78, 5) is 4.28. The molecule has 0 saturated carbocycles. The van der Waals surface area contributed by atoms with Crippen LogP contribution in [0, 0.1) is 6.92 Å². The maximum Gasteiger partial charge on any atom is 0.125 e. The molecule has 0 fully saturated rings. The van der Waals surface area contributed by atoms with E-state index >= 15 is 0 Å². The van der Waals surface area contributed by atoms with Crippen LogP contribution in [0.4, 0.5) is 5.82 Å². The van der Waals surface area contributed by atoms with Crippen LogP contribution < -0.4 is 10.6 Å². The molecular weight excluding hydrogens is 186 g/mol. The van der Waals surface area contributed by atoms with Crippen LogP contribution in [-0.4, -0.2) is 24.1 Å². The van der Waals surface area contributed by atoms with E-state index in [-0.39, 0.29) is 0 Å². The molecule has 0 aliphatic carbocycles. The minimum atomic E-state index is 0.572. The second-order valence-electron chi connectivity index (χ2n) is 4.11. The predicted octanol–water partition coefficient (Wildman–Crippen LogP) is 2.19. The predicted molar refractivity (Wildman–Crippen MR) is 65.2 cm³/mol. The van der Waals surface area contributed by atoms with E-state index in [9.17, 15) is 0 Å². The highest BCUT2D eigenvalue weighted by atomic mass is 15.0. The van der Waals surface area contributed by atoms with Crippen molar-refractivity contribution in [3.05, 3.63) is 23.9 Å². The maximum absolute atomic E-state index is 4.28. The number of pyridine rings is 1. The SMILES string of the molecule is Cc1ccc(NCCCNC(C)C)nc1. The fourth-order valence-electron chi connectivity index (χ4n) is 1.27. The molecule has 15 heavy (non-hydrogen) atoms. The number of anilines is 1. The molecule has 3 heteroatoms. The highest BCUT2D eigenvalue weighted by Gasteiger charge is 1.94. The lowest BCUT2D eigenvalue weighted by atomic mass is 10.3. The molecule has 0 spiro atoms. The molecular formula is C12H21N3. The van der Waals surface area contributed by atoms with Crippen LogP contribution in [0.25, 0.3) is 0 Å². The average Bonchev–Trinajstić information content (AvgIpc) is 2.20. The lowest BCUT2D eigenvalue weighted by Crippen LogP contribution is -2.25. The van der Waals surface area contributed by atoms with Crippen molar-refractivity contribution in [1.29, 1.82) is 0 Å². The Labute approximate surface area is 92.3 Å². The van der Waals surface area contributed by atoms with Gasteiger partial charge >= 0.3 is 0 Å². The van der Waals surface area contributed by atoms with Gasteiger partial charge in [0.2, 0.25) is 0 Å². The first kappa shape index (κ1) is 12.0. The van der Waals surface area contributed by atoms with Crippen LogP contribution in [0.3, 0.4) is 0 Å². The summed E-state index contributed by atoms with van der Waals surface area (Å²) in [6.45, 7) is 8.39. The second kappa shape index (κ2) is 6.40. The first-order chi connectivity index (χ1) is 7.18. The van der Waals surface area contributed by atoms with Gasteiger partial charge in [-0.25, -0.2) is 4.98 Å². The summed E-state index contributed by atoms with van der Waals surface area (Å²) in [5.74, 6) is 0.963. The van der Waals surface area contributed by atoms with Crippen LogP contribution >= 0.6 is 0 Å². The molecule has 0 bridgehead atoms. The van der Waals surface area contributed by atoms with Gasteiger partial charge in [0.05, 0.1) is 0 Å². The number of nitrogens with zero attached hydrogens (tertiary/aromatic N) is 1. The van der Waals surface area contributed by atoms with E-state index in [1.807, 2.05) is 19.2 Å². The summed E-state index contributed by atoms with van der Waals surface area (Å²) in [6.07, 6.45) is 3.00. The highest BCUT2D eigenvalue weighted by molar-refractivity contribution is 5.34. The van der Waals surface area contributed by atoms with E-state index in [4.69, 9.17) is 0 Å². The largest absolute Gasteiger partial charge is 0.370 e. The minimum absolute atomic E-state index is 0.572. The minimum Gasteiger partial charge on any atom is -0.370 e. The summed E-state index contributed by atoms with van der Waals surface area (Å²) < 4.78 is 0. The van der Waals surface area contributed by atoms with Gasteiger partial charge in [-0.2, -0.15) is 0 Å². The molecule has 0 radical (unpaired) electrons. The Morgan fingerprint density at radius 2 is 2.07 bits per heavy atom. The van der Waals surface area contributed by atoms with Crippen molar-refractivity contribution in [3.8, 4) is 0 Å². The van der Waals surface area contributed by atoms with Gasteiger partial charge in [-0.05, 0) is 31.5 Å². The summed E-state index contributed by atoms with van der Waals surface area (Å²) >= 11 is 0. The van der Waals surface area contributed by atoms with Crippen molar-refractivity contribution >= 4 is 5.82 Å². The molecule has 0 aliphatic rings. The first-order valence-corrected chi connectivity index (χ1v) is 5.58. The van der Waals surface area contributed by atoms with E-state index in [1.54, 1.807) is 0 Å². The molecule has 1 heterocycles. The maximum atomic E-state index is 4.28. The molecule has 84 valence electrons. The first-order valence-electron chi connectivity index (χ1n) is 5.58. The molecule has 1 aromatic rings. The lowest BCUT2D eigenvalue weighted by molar-refractivity contribution is 0.578. The van der Waals surface area contributed by atoms with Crippen LogP contribution in [0.1, 0.15) is 25.8 Å². The molecule has 0 aliphatic heterocycles. The molecule has 1 rings (SSSR count). The smallest absolute Gasteiger partial charge is 0.125 e. The number of hydrogen-bond donors (Lipinski definition) is 2. The van der Waals surface area contributed by atoms with E-state index in [0.717, 1.165) is 25.3 Å². The summed E-state index contributed by atoms with van der Waals surface area (Å²) in [7, 11) is 0. The quantitative estimate of drug-likeness (QED) is 0.702. The Morgan fingerprint density at radius 3 is 2.67 bits per heavy atom. The van der Waals surface area contributed by atoms with Gasteiger partial charge in [0, 0.05) is 18.8 Å². The fourth-order valence-corrected chi connectivity index (χ4v) is 1.27.